The number of imidazole rings is 1. The Morgan fingerprint density at radius 2 is 2.22 bits per heavy atom. The van der Waals surface area contributed by atoms with Gasteiger partial charge in [0.25, 0.3) is 5.91 Å². The van der Waals surface area contributed by atoms with E-state index in [0.717, 1.165) is 17.0 Å². The van der Waals surface area contributed by atoms with Crippen LogP contribution in [0.25, 0.3) is 11.2 Å². The summed E-state index contributed by atoms with van der Waals surface area (Å²) in [6.45, 7) is 0.465. The molecule has 0 bridgehead atoms. The van der Waals surface area contributed by atoms with E-state index in [1.807, 2.05) is 29.8 Å². The van der Waals surface area contributed by atoms with E-state index in [-0.39, 0.29) is 5.91 Å². The number of pyridine rings is 1. The van der Waals surface area contributed by atoms with Crippen molar-refractivity contribution in [2.24, 2.45) is 7.05 Å². The van der Waals surface area contributed by atoms with Gasteiger partial charge in [0.1, 0.15) is 11.3 Å². The molecule has 0 aliphatic carbocycles. The van der Waals surface area contributed by atoms with E-state index in [0.29, 0.717) is 24.1 Å². The van der Waals surface area contributed by atoms with E-state index in [1.165, 1.54) is 0 Å². The second kappa shape index (κ2) is 6.28. The molecular formula is C17H15N5O. The van der Waals surface area contributed by atoms with Crippen molar-refractivity contribution in [2.75, 3.05) is 6.54 Å². The Morgan fingerprint density at radius 3 is 3.00 bits per heavy atom. The summed E-state index contributed by atoms with van der Waals surface area (Å²) < 4.78 is 1.93. The predicted octanol–water partition coefficient (Wildman–Crippen LogP) is 1.81. The Balaban J connectivity index is 1.65. The number of benzene rings is 1. The number of amides is 1. The smallest absolute Gasteiger partial charge is 0.251 e. The predicted molar refractivity (Wildman–Crippen MR) is 85.7 cm³/mol. The van der Waals surface area contributed by atoms with E-state index >= 15 is 0 Å². The zero-order valence-corrected chi connectivity index (χ0v) is 12.7. The lowest BCUT2D eigenvalue weighted by Gasteiger charge is -2.05. The molecule has 0 saturated heterocycles. The maximum absolute atomic E-state index is 12.1. The topological polar surface area (TPSA) is 83.6 Å². The summed E-state index contributed by atoms with van der Waals surface area (Å²) in [5.74, 6) is 0.670. The molecule has 23 heavy (non-hydrogen) atoms. The van der Waals surface area contributed by atoms with Crippen molar-refractivity contribution in [1.82, 2.24) is 19.9 Å². The largest absolute Gasteiger partial charge is 0.352 e. The van der Waals surface area contributed by atoms with Crippen molar-refractivity contribution in [3.63, 3.8) is 0 Å². The van der Waals surface area contributed by atoms with Crippen LogP contribution in [0.4, 0.5) is 0 Å². The molecule has 1 N–H and O–H groups in total. The molecule has 0 fully saturated rings. The third-order valence-corrected chi connectivity index (χ3v) is 3.61. The van der Waals surface area contributed by atoms with Crippen molar-refractivity contribution in [2.45, 2.75) is 6.42 Å². The van der Waals surface area contributed by atoms with Crippen LogP contribution < -0.4 is 5.32 Å². The first kappa shape index (κ1) is 14.7. The van der Waals surface area contributed by atoms with Gasteiger partial charge in [-0.3, -0.25) is 4.79 Å². The molecule has 0 aliphatic heterocycles. The second-order valence-corrected chi connectivity index (χ2v) is 5.13. The summed E-state index contributed by atoms with van der Waals surface area (Å²) >= 11 is 0. The number of nitriles is 1. The minimum absolute atomic E-state index is 0.195. The zero-order chi connectivity index (χ0) is 16.2. The van der Waals surface area contributed by atoms with Crippen molar-refractivity contribution in [1.29, 1.82) is 5.26 Å². The van der Waals surface area contributed by atoms with Crippen LogP contribution in [0.2, 0.25) is 0 Å². The summed E-state index contributed by atoms with van der Waals surface area (Å²) in [6, 6.07) is 12.4. The molecule has 3 rings (SSSR count). The second-order valence-electron chi connectivity index (χ2n) is 5.13. The van der Waals surface area contributed by atoms with Gasteiger partial charge in [0.2, 0.25) is 0 Å². The highest BCUT2D eigenvalue weighted by Crippen LogP contribution is 2.11. The van der Waals surface area contributed by atoms with Gasteiger partial charge in [-0.25, -0.2) is 9.97 Å². The first-order chi connectivity index (χ1) is 11.2. The van der Waals surface area contributed by atoms with Crippen LogP contribution in [-0.4, -0.2) is 27.0 Å². The summed E-state index contributed by atoms with van der Waals surface area (Å²) in [6.07, 6.45) is 2.34. The molecule has 0 aliphatic rings. The molecule has 6 heteroatoms. The lowest BCUT2D eigenvalue weighted by Crippen LogP contribution is -2.26. The van der Waals surface area contributed by atoms with Crippen molar-refractivity contribution < 1.29 is 4.79 Å². The number of hydrogen-bond donors (Lipinski definition) is 1. The van der Waals surface area contributed by atoms with Crippen LogP contribution in [0.3, 0.4) is 0 Å². The number of nitrogens with one attached hydrogen (secondary N) is 1. The molecule has 0 atom stereocenters. The lowest BCUT2D eigenvalue weighted by molar-refractivity contribution is 0.0954. The van der Waals surface area contributed by atoms with Crippen LogP contribution >= 0.6 is 0 Å². The van der Waals surface area contributed by atoms with Gasteiger partial charge in [-0.15, -0.1) is 0 Å². The van der Waals surface area contributed by atoms with Crippen LogP contribution in [0.15, 0.2) is 42.6 Å². The number of carbonyl (C=O) groups excluding carboxylic acids is 1. The van der Waals surface area contributed by atoms with Gasteiger partial charge in [-0.1, -0.05) is 6.07 Å². The standard InChI is InChI=1S/C17H15N5O/c1-22-15(21-14-6-3-8-19-16(14)22)7-9-20-17(23)13-5-2-4-12(10-13)11-18/h2-6,8,10H,7,9H2,1H3,(H,20,23). The Labute approximate surface area is 133 Å². The van der Waals surface area contributed by atoms with Gasteiger partial charge in [-0.2, -0.15) is 5.26 Å². The van der Waals surface area contributed by atoms with Gasteiger partial charge in [0, 0.05) is 31.8 Å². The normalized spacial score (nSPS) is 10.4. The van der Waals surface area contributed by atoms with E-state index < -0.39 is 0 Å². The molecule has 0 unspecified atom stereocenters. The summed E-state index contributed by atoms with van der Waals surface area (Å²) in [5, 5.41) is 11.7. The number of aromatic nitrogens is 3. The molecule has 1 aromatic carbocycles. The molecule has 1 amide bonds. The quantitative estimate of drug-likeness (QED) is 0.797. The zero-order valence-electron chi connectivity index (χ0n) is 12.7. The maximum Gasteiger partial charge on any atom is 0.251 e. The van der Waals surface area contributed by atoms with Crippen LogP contribution in [0, 0.1) is 11.3 Å². The maximum atomic E-state index is 12.1. The molecule has 0 spiro atoms. The molecule has 2 aromatic heterocycles. The highest BCUT2D eigenvalue weighted by molar-refractivity contribution is 5.94. The van der Waals surface area contributed by atoms with Gasteiger partial charge in [0.05, 0.1) is 11.6 Å². The first-order valence-electron chi connectivity index (χ1n) is 7.23. The average molecular weight is 305 g/mol. The van der Waals surface area contributed by atoms with Gasteiger partial charge in [0.15, 0.2) is 5.65 Å². The van der Waals surface area contributed by atoms with Gasteiger partial charge in [-0.05, 0) is 30.3 Å². The fraction of sp³-hybridized carbons (Fsp3) is 0.176. The van der Waals surface area contributed by atoms with E-state index in [9.17, 15) is 4.79 Å². The summed E-state index contributed by atoms with van der Waals surface area (Å²) in [4.78, 5) is 20.9. The van der Waals surface area contributed by atoms with Gasteiger partial charge >= 0.3 is 0 Å². The van der Waals surface area contributed by atoms with Crippen molar-refractivity contribution in [3.8, 4) is 6.07 Å². The highest BCUT2D eigenvalue weighted by atomic mass is 16.1. The number of rotatable bonds is 4. The van der Waals surface area contributed by atoms with E-state index in [4.69, 9.17) is 5.26 Å². The third-order valence-electron chi connectivity index (χ3n) is 3.61. The highest BCUT2D eigenvalue weighted by Gasteiger charge is 2.10. The Hall–Kier alpha value is -3.20. The minimum atomic E-state index is -0.195. The molecule has 6 nitrogen and oxygen atoms in total. The summed E-state index contributed by atoms with van der Waals surface area (Å²) in [5.41, 5.74) is 2.63. The van der Waals surface area contributed by atoms with Crippen molar-refractivity contribution >= 4 is 17.1 Å². The molecular weight excluding hydrogens is 290 g/mol. The fourth-order valence-corrected chi connectivity index (χ4v) is 2.41. The lowest BCUT2D eigenvalue weighted by atomic mass is 10.1. The van der Waals surface area contributed by atoms with Crippen LogP contribution in [0.5, 0.6) is 0 Å². The molecule has 0 saturated carbocycles. The van der Waals surface area contributed by atoms with Crippen LogP contribution in [0.1, 0.15) is 21.7 Å². The van der Waals surface area contributed by atoms with Crippen LogP contribution in [-0.2, 0) is 13.5 Å². The molecule has 114 valence electrons. The summed E-state index contributed by atoms with van der Waals surface area (Å²) in [7, 11) is 1.91. The minimum Gasteiger partial charge on any atom is -0.352 e. The van der Waals surface area contributed by atoms with Crippen molar-refractivity contribution in [3.05, 3.63) is 59.5 Å². The molecule has 3 aromatic rings. The monoisotopic (exact) mass is 305 g/mol. The molecule has 2 heterocycles. The van der Waals surface area contributed by atoms with Gasteiger partial charge < -0.3 is 9.88 Å². The third kappa shape index (κ3) is 3.04. The number of fused-ring (bicyclic) bond motifs is 1. The first-order valence-corrected chi connectivity index (χ1v) is 7.23. The van der Waals surface area contributed by atoms with E-state index in [2.05, 4.69) is 15.3 Å². The Morgan fingerprint density at radius 1 is 1.35 bits per heavy atom. The Kier molecular flexibility index (Phi) is 4.02. The number of hydrogen-bond acceptors (Lipinski definition) is 4. The van der Waals surface area contributed by atoms with E-state index in [1.54, 1.807) is 30.5 Å². The fourth-order valence-electron chi connectivity index (χ4n) is 2.41. The Bertz CT molecular complexity index is 907. The number of aryl methyl sites for hydroxylation is 1. The molecule has 0 radical (unpaired) electrons. The SMILES string of the molecule is Cn1c(CCNC(=O)c2cccc(C#N)c2)nc2cccnc21. The number of nitrogens with zero attached hydrogens (tertiary/aromatic N) is 4. The number of carbonyl (C=O) groups is 1. The average Bonchev–Trinajstić information content (AvgIpc) is 2.91.